The van der Waals surface area contributed by atoms with E-state index < -0.39 is 10.0 Å². The first-order valence-corrected chi connectivity index (χ1v) is 7.36. The lowest BCUT2D eigenvalue weighted by molar-refractivity contribution is 0.144. The highest BCUT2D eigenvalue weighted by Crippen LogP contribution is 2.04. The van der Waals surface area contributed by atoms with Crippen molar-refractivity contribution in [2.75, 3.05) is 19.0 Å². The maximum atomic E-state index is 10.5. The summed E-state index contributed by atoms with van der Waals surface area (Å²) in [6, 6.07) is 0. The van der Waals surface area contributed by atoms with Crippen LogP contribution in [0.3, 0.4) is 0 Å². The summed E-state index contributed by atoms with van der Waals surface area (Å²) in [4.78, 5) is 0. The monoisotopic (exact) mass is 237 g/mol. The average Bonchev–Trinajstić information content (AvgIpc) is 2.14. The molecule has 92 valence electrons. The van der Waals surface area contributed by atoms with Crippen LogP contribution in [0.1, 0.15) is 45.4 Å². The predicted octanol–water partition coefficient (Wildman–Crippen LogP) is 1.65. The van der Waals surface area contributed by atoms with Crippen molar-refractivity contribution in [3.8, 4) is 0 Å². The van der Waals surface area contributed by atoms with Crippen LogP contribution >= 0.6 is 0 Å². The lowest BCUT2D eigenvalue weighted by Gasteiger charge is -2.03. The maximum Gasteiger partial charge on any atom is 0.211 e. The standard InChI is InChI=1S/C10H23NO3S/c1-2-3-4-5-6-7-8-14-9-10-15(11,12)13/h2-10H2,1H3,(H2,11,12,13). The number of ether oxygens (including phenoxy) is 1. The first kappa shape index (κ1) is 14.9. The molecule has 0 fully saturated rings. The second kappa shape index (κ2) is 9.12. The zero-order valence-corrected chi connectivity index (χ0v) is 10.4. The van der Waals surface area contributed by atoms with Gasteiger partial charge in [0.1, 0.15) is 0 Å². The van der Waals surface area contributed by atoms with E-state index in [0.29, 0.717) is 6.61 Å². The normalized spacial score (nSPS) is 11.9. The largest absolute Gasteiger partial charge is 0.380 e. The summed E-state index contributed by atoms with van der Waals surface area (Å²) in [6.07, 6.45) is 7.25. The predicted molar refractivity (Wildman–Crippen MR) is 62.2 cm³/mol. The lowest BCUT2D eigenvalue weighted by Crippen LogP contribution is -2.20. The molecule has 0 aliphatic rings. The van der Waals surface area contributed by atoms with Crippen LogP contribution in [0, 0.1) is 0 Å². The Bertz CT molecular complexity index is 227. The summed E-state index contributed by atoms with van der Waals surface area (Å²) in [5, 5.41) is 4.82. The van der Waals surface area contributed by atoms with Crippen LogP contribution in [-0.4, -0.2) is 27.4 Å². The van der Waals surface area contributed by atoms with E-state index in [0.717, 1.165) is 12.8 Å². The molecule has 0 aromatic carbocycles. The first-order chi connectivity index (χ1) is 7.06. The van der Waals surface area contributed by atoms with Gasteiger partial charge in [-0.1, -0.05) is 39.0 Å². The molecule has 0 spiro atoms. The number of hydrogen-bond donors (Lipinski definition) is 1. The minimum absolute atomic E-state index is 0.0805. The van der Waals surface area contributed by atoms with Crippen molar-refractivity contribution in [1.29, 1.82) is 0 Å². The fraction of sp³-hybridized carbons (Fsp3) is 1.00. The van der Waals surface area contributed by atoms with Gasteiger partial charge in [0.2, 0.25) is 10.0 Å². The quantitative estimate of drug-likeness (QED) is 0.587. The Morgan fingerprint density at radius 1 is 1.00 bits per heavy atom. The average molecular weight is 237 g/mol. The molecular weight excluding hydrogens is 214 g/mol. The van der Waals surface area contributed by atoms with Crippen molar-refractivity contribution in [2.24, 2.45) is 5.14 Å². The Morgan fingerprint density at radius 2 is 1.60 bits per heavy atom. The molecule has 0 aliphatic carbocycles. The summed E-state index contributed by atoms with van der Waals surface area (Å²) >= 11 is 0. The fourth-order valence-electron chi connectivity index (χ4n) is 1.26. The molecule has 0 aromatic heterocycles. The van der Waals surface area contributed by atoms with Crippen molar-refractivity contribution in [1.82, 2.24) is 0 Å². The van der Waals surface area contributed by atoms with Crippen LogP contribution < -0.4 is 5.14 Å². The Balaban J connectivity index is 3.06. The van der Waals surface area contributed by atoms with Gasteiger partial charge in [0.15, 0.2) is 0 Å². The van der Waals surface area contributed by atoms with E-state index in [1.54, 1.807) is 0 Å². The van der Waals surface area contributed by atoms with Gasteiger partial charge in [-0.15, -0.1) is 0 Å². The molecule has 15 heavy (non-hydrogen) atoms. The Kier molecular flexibility index (Phi) is 9.04. The van der Waals surface area contributed by atoms with E-state index in [4.69, 9.17) is 9.88 Å². The summed E-state index contributed by atoms with van der Waals surface area (Å²) in [5.74, 6) is -0.0805. The van der Waals surface area contributed by atoms with Crippen LogP contribution in [-0.2, 0) is 14.8 Å². The molecule has 0 saturated carbocycles. The van der Waals surface area contributed by atoms with Crippen molar-refractivity contribution in [2.45, 2.75) is 45.4 Å². The Labute approximate surface area is 93.2 Å². The molecule has 0 atom stereocenters. The zero-order chi connectivity index (χ0) is 11.6. The van der Waals surface area contributed by atoms with Crippen LogP contribution in [0.5, 0.6) is 0 Å². The first-order valence-electron chi connectivity index (χ1n) is 5.64. The lowest BCUT2D eigenvalue weighted by atomic mass is 10.1. The van der Waals surface area contributed by atoms with Gasteiger partial charge >= 0.3 is 0 Å². The van der Waals surface area contributed by atoms with E-state index in [2.05, 4.69) is 6.92 Å². The van der Waals surface area contributed by atoms with Gasteiger partial charge in [0, 0.05) is 6.61 Å². The molecule has 4 nitrogen and oxygen atoms in total. The second-order valence-corrected chi connectivity index (χ2v) is 5.48. The van der Waals surface area contributed by atoms with Gasteiger partial charge in [-0.3, -0.25) is 0 Å². The van der Waals surface area contributed by atoms with Gasteiger partial charge < -0.3 is 4.74 Å². The highest BCUT2D eigenvalue weighted by molar-refractivity contribution is 7.89. The van der Waals surface area contributed by atoms with E-state index >= 15 is 0 Å². The smallest absolute Gasteiger partial charge is 0.211 e. The molecular formula is C10H23NO3S. The highest BCUT2D eigenvalue weighted by Gasteiger charge is 2.01. The summed E-state index contributed by atoms with van der Waals surface area (Å²) in [6.45, 7) is 3.05. The number of hydrogen-bond acceptors (Lipinski definition) is 3. The minimum atomic E-state index is -3.35. The van der Waals surface area contributed by atoms with Crippen molar-refractivity contribution in [3.63, 3.8) is 0 Å². The van der Waals surface area contributed by atoms with Crippen molar-refractivity contribution >= 4 is 10.0 Å². The van der Waals surface area contributed by atoms with Crippen molar-refractivity contribution < 1.29 is 13.2 Å². The fourth-order valence-corrected chi connectivity index (χ4v) is 1.61. The molecule has 0 amide bonds. The number of sulfonamides is 1. The van der Waals surface area contributed by atoms with Crippen LogP contribution in [0.2, 0.25) is 0 Å². The summed E-state index contributed by atoms with van der Waals surface area (Å²) < 4.78 is 26.2. The molecule has 2 N–H and O–H groups in total. The zero-order valence-electron chi connectivity index (χ0n) is 9.57. The SMILES string of the molecule is CCCCCCCCOCCS(N)(=O)=O. The molecule has 5 heteroatoms. The van der Waals surface area contributed by atoms with Gasteiger partial charge in [0.05, 0.1) is 12.4 Å². The van der Waals surface area contributed by atoms with E-state index in [9.17, 15) is 8.42 Å². The van der Waals surface area contributed by atoms with Crippen LogP contribution in [0.25, 0.3) is 0 Å². The number of unbranched alkanes of at least 4 members (excludes halogenated alkanes) is 5. The van der Waals surface area contributed by atoms with Gasteiger partial charge in [0.25, 0.3) is 0 Å². The number of primary sulfonamides is 1. The second-order valence-electron chi connectivity index (χ2n) is 3.75. The van der Waals surface area contributed by atoms with E-state index in [1.807, 2.05) is 0 Å². The summed E-state index contributed by atoms with van der Waals surface area (Å²) in [5.41, 5.74) is 0. The number of nitrogens with two attached hydrogens (primary N) is 1. The third-order valence-corrected chi connectivity index (χ3v) is 2.89. The van der Waals surface area contributed by atoms with E-state index in [-0.39, 0.29) is 12.4 Å². The third kappa shape index (κ3) is 13.9. The Morgan fingerprint density at radius 3 is 2.20 bits per heavy atom. The minimum Gasteiger partial charge on any atom is -0.380 e. The van der Waals surface area contributed by atoms with Gasteiger partial charge in [-0.05, 0) is 6.42 Å². The highest BCUT2D eigenvalue weighted by atomic mass is 32.2. The summed E-state index contributed by atoms with van der Waals surface area (Å²) in [7, 11) is -3.35. The molecule has 0 bridgehead atoms. The van der Waals surface area contributed by atoms with Gasteiger partial charge in [-0.2, -0.15) is 0 Å². The topological polar surface area (TPSA) is 69.4 Å². The van der Waals surface area contributed by atoms with Crippen molar-refractivity contribution in [3.05, 3.63) is 0 Å². The molecule has 0 aliphatic heterocycles. The van der Waals surface area contributed by atoms with Crippen LogP contribution in [0.15, 0.2) is 0 Å². The van der Waals surface area contributed by atoms with E-state index in [1.165, 1.54) is 25.7 Å². The molecule has 0 aromatic rings. The third-order valence-electron chi connectivity index (χ3n) is 2.15. The molecule has 0 heterocycles. The molecule has 0 rings (SSSR count). The van der Waals surface area contributed by atoms with Gasteiger partial charge in [-0.25, -0.2) is 13.6 Å². The van der Waals surface area contributed by atoms with Crippen LogP contribution in [0.4, 0.5) is 0 Å². The molecule has 0 unspecified atom stereocenters. The molecule has 0 saturated heterocycles. The Hall–Kier alpha value is -0.130. The number of rotatable bonds is 10. The maximum absolute atomic E-state index is 10.5. The molecule has 0 radical (unpaired) electrons.